The fraction of sp³-hybridized carbons (Fsp3) is 0.733. The van der Waals surface area contributed by atoms with Crippen molar-refractivity contribution in [3.05, 3.63) is 24.3 Å². The summed E-state index contributed by atoms with van der Waals surface area (Å²) in [5.41, 5.74) is 0. The molecular formula is C15H23Cl2Ti. The number of fused-ring (bicyclic) bond motifs is 3. The number of alkyl halides is 2. The van der Waals surface area contributed by atoms with E-state index in [-0.39, 0.29) is 0 Å². The van der Waals surface area contributed by atoms with Crippen LogP contribution in [0.3, 0.4) is 0 Å². The van der Waals surface area contributed by atoms with Crippen LogP contribution < -0.4 is 0 Å². The SMILES string of the molecule is CCl.CCl.[Ti][CH]1C2C=CC=CC2C2CCCCC12. The number of allylic oxidation sites excluding steroid dienone is 4. The predicted molar refractivity (Wildman–Crippen MR) is 78.0 cm³/mol. The molecule has 0 bridgehead atoms. The molecule has 0 aliphatic heterocycles. The third kappa shape index (κ3) is 3.45. The molecule has 3 heteroatoms. The molecule has 2 fully saturated rings. The molecule has 0 aromatic carbocycles. The molecule has 0 aromatic heterocycles. The van der Waals surface area contributed by atoms with Gasteiger partial charge in [0, 0.05) is 12.8 Å². The van der Waals surface area contributed by atoms with Gasteiger partial charge in [-0.3, -0.25) is 0 Å². The summed E-state index contributed by atoms with van der Waals surface area (Å²) in [6.07, 6.45) is 18.4. The summed E-state index contributed by atoms with van der Waals surface area (Å²) in [6, 6.07) is 0. The zero-order valence-electron chi connectivity index (χ0n) is 11.3. The van der Waals surface area contributed by atoms with Crippen LogP contribution in [-0.4, -0.2) is 12.8 Å². The summed E-state index contributed by atoms with van der Waals surface area (Å²) in [4.78, 5) is 0. The average Bonchev–Trinajstić information content (AvgIpc) is 2.78. The van der Waals surface area contributed by atoms with Crippen LogP contribution in [0.1, 0.15) is 25.7 Å². The Balaban J connectivity index is 0.000000371. The van der Waals surface area contributed by atoms with Crippen molar-refractivity contribution in [2.75, 3.05) is 12.8 Å². The first-order valence-electron chi connectivity index (χ1n) is 6.69. The minimum absolute atomic E-state index is 0.869. The first-order valence-corrected chi connectivity index (χ1v) is 9.11. The van der Waals surface area contributed by atoms with E-state index in [1.165, 1.54) is 38.4 Å². The van der Waals surface area contributed by atoms with Crippen LogP contribution in [0, 0.1) is 23.7 Å². The minimum atomic E-state index is 0.869. The predicted octanol–water partition coefficient (Wildman–Crippen LogP) is 5.21. The monoisotopic (exact) mass is 321 g/mol. The molecule has 3 aliphatic rings. The zero-order valence-corrected chi connectivity index (χ0v) is 14.4. The van der Waals surface area contributed by atoms with Crippen LogP contribution >= 0.6 is 23.2 Å². The van der Waals surface area contributed by atoms with Crippen molar-refractivity contribution in [3.8, 4) is 0 Å². The molecule has 3 aliphatic carbocycles. The third-order valence-electron chi connectivity index (χ3n) is 4.47. The number of halogens is 2. The van der Waals surface area contributed by atoms with Gasteiger partial charge in [0.25, 0.3) is 0 Å². The molecule has 5 atom stereocenters. The topological polar surface area (TPSA) is 0 Å². The molecule has 0 aromatic rings. The normalized spacial score (nSPS) is 39.6. The summed E-state index contributed by atoms with van der Waals surface area (Å²) in [5, 5.41) is 0. The fourth-order valence-corrected chi connectivity index (χ4v) is 4.99. The second-order valence-electron chi connectivity index (χ2n) is 5.06. The molecule has 0 heterocycles. The average molecular weight is 322 g/mol. The Hall–Kier alpha value is 0.774. The first-order chi connectivity index (χ1) is 8.88. The molecule has 0 spiro atoms. The van der Waals surface area contributed by atoms with Crippen LogP contribution in [0.25, 0.3) is 0 Å². The van der Waals surface area contributed by atoms with E-state index in [0.29, 0.717) is 0 Å². The quantitative estimate of drug-likeness (QED) is 0.424. The summed E-state index contributed by atoms with van der Waals surface area (Å²) < 4.78 is 0.937. The van der Waals surface area contributed by atoms with Gasteiger partial charge in [-0.1, -0.05) is 0 Å². The van der Waals surface area contributed by atoms with Crippen molar-refractivity contribution >= 4 is 23.2 Å². The van der Waals surface area contributed by atoms with Gasteiger partial charge in [0.05, 0.1) is 0 Å². The Morgan fingerprint density at radius 2 is 1.33 bits per heavy atom. The van der Waals surface area contributed by atoms with E-state index >= 15 is 0 Å². The van der Waals surface area contributed by atoms with Crippen molar-refractivity contribution in [3.63, 3.8) is 0 Å². The van der Waals surface area contributed by atoms with Gasteiger partial charge in [-0.2, -0.15) is 0 Å². The van der Waals surface area contributed by atoms with Crippen molar-refractivity contribution in [2.24, 2.45) is 23.7 Å². The Bertz CT molecular complexity index is 288. The maximum atomic E-state index is 4.64. The zero-order chi connectivity index (χ0) is 13.5. The Kier molecular flexibility index (Phi) is 8.27. The van der Waals surface area contributed by atoms with Crippen LogP contribution in [0.15, 0.2) is 24.3 Å². The van der Waals surface area contributed by atoms with E-state index < -0.39 is 0 Å². The van der Waals surface area contributed by atoms with Crippen LogP contribution in [-0.2, 0) is 20.4 Å². The molecule has 5 unspecified atom stereocenters. The molecule has 0 N–H and O–H groups in total. The van der Waals surface area contributed by atoms with Crippen LogP contribution in [0.2, 0.25) is 4.22 Å². The van der Waals surface area contributed by atoms with E-state index in [9.17, 15) is 0 Å². The molecule has 0 amide bonds. The first kappa shape index (κ1) is 16.8. The molecule has 2 saturated carbocycles. The number of hydrogen-bond donors (Lipinski definition) is 0. The van der Waals surface area contributed by atoms with Gasteiger partial charge in [-0.25, -0.2) is 0 Å². The Labute approximate surface area is 134 Å². The molecular weight excluding hydrogens is 299 g/mol. The van der Waals surface area contributed by atoms with Gasteiger partial charge in [-0.15, -0.1) is 23.2 Å². The van der Waals surface area contributed by atoms with Crippen LogP contribution in [0.4, 0.5) is 0 Å². The van der Waals surface area contributed by atoms with E-state index in [1.807, 2.05) is 0 Å². The molecule has 101 valence electrons. The van der Waals surface area contributed by atoms with Crippen molar-refractivity contribution in [2.45, 2.75) is 29.9 Å². The van der Waals surface area contributed by atoms with Crippen molar-refractivity contribution in [1.82, 2.24) is 0 Å². The molecule has 0 nitrogen and oxygen atoms in total. The summed E-state index contributed by atoms with van der Waals surface area (Å²) in [6.45, 7) is 0. The van der Waals surface area contributed by atoms with E-state index in [0.717, 1.165) is 27.9 Å². The van der Waals surface area contributed by atoms with Gasteiger partial charge < -0.3 is 0 Å². The Morgan fingerprint density at radius 1 is 0.833 bits per heavy atom. The third-order valence-corrected chi connectivity index (χ3v) is 5.74. The maximum absolute atomic E-state index is 4.64. The number of rotatable bonds is 0. The van der Waals surface area contributed by atoms with Crippen LogP contribution in [0.5, 0.6) is 0 Å². The van der Waals surface area contributed by atoms with E-state index in [4.69, 9.17) is 0 Å². The van der Waals surface area contributed by atoms with E-state index in [1.54, 1.807) is 0 Å². The second-order valence-corrected chi connectivity index (χ2v) is 6.10. The Morgan fingerprint density at radius 3 is 1.94 bits per heavy atom. The van der Waals surface area contributed by atoms with E-state index in [2.05, 4.69) is 67.9 Å². The molecule has 3 rings (SSSR count). The molecule has 0 radical (unpaired) electrons. The van der Waals surface area contributed by atoms with Gasteiger partial charge in [0.2, 0.25) is 0 Å². The second kappa shape index (κ2) is 8.85. The summed E-state index contributed by atoms with van der Waals surface area (Å²) in [7, 11) is 0. The van der Waals surface area contributed by atoms with Gasteiger partial charge in [0.1, 0.15) is 0 Å². The number of hydrogen-bond acceptors (Lipinski definition) is 0. The van der Waals surface area contributed by atoms with Gasteiger partial charge in [0.15, 0.2) is 0 Å². The standard InChI is InChI=1S/C13H17.2CH3Cl.Ti/c1-3-7-12-10(5-1)9-11-6-2-4-8-13(11)12;2*1-2;/h1,3,5,7,9-13H,2,4,6,8H2;2*1H3;. The summed E-state index contributed by atoms with van der Waals surface area (Å²) in [5.74, 6) is 3.81. The van der Waals surface area contributed by atoms with Crippen molar-refractivity contribution in [1.29, 1.82) is 0 Å². The molecule has 0 saturated heterocycles. The van der Waals surface area contributed by atoms with Gasteiger partial charge in [-0.05, 0) is 0 Å². The van der Waals surface area contributed by atoms with Crippen molar-refractivity contribution < 1.29 is 20.4 Å². The molecule has 18 heavy (non-hydrogen) atoms. The fourth-order valence-electron chi connectivity index (χ4n) is 3.83. The summed E-state index contributed by atoms with van der Waals surface area (Å²) >= 11 is 11.8. The van der Waals surface area contributed by atoms with Gasteiger partial charge >= 0.3 is 98.3 Å².